The van der Waals surface area contributed by atoms with Crippen molar-refractivity contribution in [3.63, 3.8) is 0 Å². The number of fused-ring (bicyclic) bond motifs is 1. The maximum atomic E-state index is 13.4. The van der Waals surface area contributed by atoms with Gasteiger partial charge in [-0.2, -0.15) is 4.98 Å². The predicted molar refractivity (Wildman–Crippen MR) is 132 cm³/mol. The van der Waals surface area contributed by atoms with Gasteiger partial charge in [0, 0.05) is 36.0 Å². The number of rotatable bonds is 5. The van der Waals surface area contributed by atoms with Crippen molar-refractivity contribution >= 4 is 34.1 Å². The predicted octanol–water partition coefficient (Wildman–Crippen LogP) is 2.11. The minimum absolute atomic E-state index is 0.0910. The largest absolute Gasteiger partial charge is 0.496 e. The number of benzene rings is 1. The lowest BCUT2D eigenvalue weighted by Crippen LogP contribution is -2.28. The van der Waals surface area contributed by atoms with E-state index in [1.807, 2.05) is 32.8 Å². The van der Waals surface area contributed by atoms with Crippen LogP contribution in [0, 0.1) is 32.0 Å². The maximum absolute atomic E-state index is 13.4. The van der Waals surface area contributed by atoms with Gasteiger partial charge in [0.05, 0.1) is 12.9 Å². The van der Waals surface area contributed by atoms with Crippen molar-refractivity contribution < 1.29 is 13.2 Å². The van der Waals surface area contributed by atoms with Crippen LogP contribution >= 0.6 is 0 Å². The number of nitrogens with one attached hydrogen (secondary N) is 1. The molecule has 34 heavy (non-hydrogen) atoms. The van der Waals surface area contributed by atoms with Crippen LogP contribution in [0.4, 0.5) is 5.95 Å². The Hall–Kier alpha value is -3.39. The lowest BCUT2D eigenvalue weighted by molar-refractivity contribution is 0.411. The third kappa shape index (κ3) is 4.14. The van der Waals surface area contributed by atoms with Crippen molar-refractivity contribution in [2.75, 3.05) is 23.9 Å². The van der Waals surface area contributed by atoms with Gasteiger partial charge < -0.3 is 10.1 Å². The molecular weight excluding hydrogens is 453 g/mol. The normalized spacial score (nSPS) is 19.1. The number of aromatic nitrogens is 3. The zero-order valence-corrected chi connectivity index (χ0v) is 20.5. The van der Waals surface area contributed by atoms with E-state index in [1.54, 1.807) is 26.4 Å². The molecule has 1 aliphatic rings. The van der Waals surface area contributed by atoms with E-state index in [9.17, 15) is 13.2 Å². The summed E-state index contributed by atoms with van der Waals surface area (Å²) in [6.07, 6.45) is 1.61. The highest BCUT2D eigenvalue weighted by Crippen LogP contribution is 2.35. The molecule has 1 fully saturated rings. The fraction of sp³-hybridized carbons (Fsp3) is 0.391. The topological polar surface area (TPSA) is 127 Å². The Labute approximate surface area is 199 Å². The second kappa shape index (κ2) is 8.76. The van der Waals surface area contributed by atoms with Crippen LogP contribution in [0.5, 0.6) is 5.75 Å². The average molecular weight is 478 g/mol. The highest BCUT2D eigenvalue weighted by atomic mass is 32.2. The Bertz CT molecular complexity index is 1510. The number of hydrogen-bond donors (Lipinski definition) is 1. The summed E-state index contributed by atoms with van der Waals surface area (Å²) in [7, 11) is 1.32. The van der Waals surface area contributed by atoms with Crippen LogP contribution < -0.4 is 15.6 Å². The van der Waals surface area contributed by atoms with E-state index in [2.05, 4.69) is 15.3 Å². The van der Waals surface area contributed by atoms with Crippen molar-refractivity contribution in [1.29, 1.82) is 5.26 Å². The van der Waals surface area contributed by atoms with Gasteiger partial charge in [-0.05, 0) is 66.9 Å². The molecule has 0 aliphatic carbocycles. The van der Waals surface area contributed by atoms with Gasteiger partial charge in [-0.25, -0.2) is 18.7 Å². The molecule has 0 spiro atoms. The van der Waals surface area contributed by atoms with Crippen molar-refractivity contribution in [3.8, 4) is 22.8 Å². The molecule has 3 aromatic rings. The number of nitriles is 1. The molecule has 3 heterocycles. The molecule has 1 aromatic carbocycles. The number of pyridine rings is 1. The van der Waals surface area contributed by atoms with Crippen molar-refractivity contribution in [3.05, 3.63) is 45.4 Å². The number of sulfone groups is 1. The third-order valence-electron chi connectivity index (χ3n) is 6.50. The summed E-state index contributed by atoms with van der Waals surface area (Å²) in [5.74, 6) is 2.19. The lowest BCUT2D eigenvalue weighted by atomic mass is 9.64. The summed E-state index contributed by atoms with van der Waals surface area (Å²) in [5.41, 5.74) is 4.46. The zero-order chi connectivity index (χ0) is 24.8. The molecule has 1 aliphatic heterocycles. The fourth-order valence-electron chi connectivity index (χ4n) is 4.58. The number of nitrogens with zero attached hydrogens (tertiary/aromatic N) is 4. The van der Waals surface area contributed by atoms with Crippen molar-refractivity contribution in [2.24, 2.45) is 7.05 Å². The molecule has 1 N–H and O–H groups in total. The van der Waals surface area contributed by atoms with Crippen LogP contribution in [0.1, 0.15) is 16.7 Å². The molecule has 2 aromatic heterocycles. The Morgan fingerprint density at radius 3 is 2.65 bits per heavy atom. The minimum atomic E-state index is -3.26. The van der Waals surface area contributed by atoms with E-state index in [0.717, 1.165) is 22.3 Å². The van der Waals surface area contributed by atoms with Crippen LogP contribution in [0.2, 0.25) is 5.82 Å². The van der Waals surface area contributed by atoms with E-state index in [-0.39, 0.29) is 23.0 Å². The van der Waals surface area contributed by atoms with E-state index < -0.39 is 21.7 Å². The Morgan fingerprint density at radius 1 is 1.24 bits per heavy atom. The van der Waals surface area contributed by atoms with E-state index >= 15 is 0 Å². The van der Waals surface area contributed by atoms with Gasteiger partial charge in [0.15, 0.2) is 9.84 Å². The maximum Gasteiger partial charge on any atom is 0.261 e. The summed E-state index contributed by atoms with van der Waals surface area (Å²) in [6, 6.07) is 3.23. The van der Waals surface area contributed by atoms with Crippen molar-refractivity contribution in [2.45, 2.75) is 32.6 Å². The summed E-state index contributed by atoms with van der Waals surface area (Å²) >= 11 is 0. The lowest BCUT2D eigenvalue weighted by Gasteiger charge is -2.18. The van der Waals surface area contributed by atoms with Crippen LogP contribution in [-0.2, 0) is 16.9 Å². The molecule has 0 amide bonds. The van der Waals surface area contributed by atoms with Gasteiger partial charge in [-0.3, -0.25) is 9.36 Å². The minimum Gasteiger partial charge on any atom is -0.496 e. The van der Waals surface area contributed by atoms with Crippen LogP contribution in [0.25, 0.3) is 22.2 Å². The fourth-order valence-corrected chi connectivity index (χ4v) is 6.50. The van der Waals surface area contributed by atoms with E-state index in [4.69, 9.17) is 10.00 Å². The number of hydrogen-bond acceptors (Lipinski definition) is 8. The van der Waals surface area contributed by atoms with Crippen LogP contribution in [0.3, 0.4) is 0 Å². The molecule has 0 bridgehead atoms. The van der Waals surface area contributed by atoms with Gasteiger partial charge in [-0.1, -0.05) is 0 Å². The molecule has 11 heteroatoms. The van der Waals surface area contributed by atoms with E-state index in [1.165, 1.54) is 11.8 Å². The highest BCUT2D eigenvalue weighted by molar-refractivity contribution is 7.91. The smallest absolute Gasteiger partial charge is 0.261 e. The molecule has 0 saturated carbocycles. The molecule has 175 valence electrons. The van der Waals surface area contributed by atoms with E-state index in [0.29, 0.717) is 22.3 Å². The zero-order valence-electron chi connectivity index (χ0n) is 19.7. The number of methoxy groups -OCH3 is 1. The average Bonchev–Trinajstić information content (AvgIpc) is 3.07. The standard InChI is InChI=1S/C23H25BN5O4S/c1-12-6-19(33-5)14(3)20(13(12)2)16-7-15-8-26-23(28-21(15)29(4)22(16)30)27-18-10-34(31,32)9-17(18)24-11-25/h6-8,17-18H,9-10H2,1-5H3,(H,26,27,28). The van der Waals surface area contributed by atoms with Crippen LogP contribution in [-0.4, -0.2) is 54.9 Å². The number of aryl methyl sites for hydroxylation is 2. The third-order valence-corrected chi connectivity index (χ3v) is 8.26. The first-order valence-corrected chi connectivity index (χ1v) is 12.6. The molecule has 9 nitrogen and oxygen atoms in total. The van der Waals surface area contributed by atoms with Crippen LogP contribution in [0.15, 0.2) is 23.1 Å². The Kier molecular flexibility index (Phi) is 6.12. The molecule has 1 saturated heterocycles. The molecule has 1 radical (unpaired) electrons. The summed E-state index contributed by atoms with van der Waals surface area (Å²) in [5, 5.41) is 12.7. The van der Waals surface area contributed by atoms with Crippen molar-refractivity contribution in [1.82, 2.24) is 14.5 Å². The second-order valence-corrected chi connectivity index (χ2v) is 10.9. The van der Waals surface area contributed by atoms with Gasteiger partial charge in [0.25, 0.3) is 12.8 Å². The number of anilines is 1. The van der Waals surface area contributed by atoms with Gasteiger partial charge >= 0.3 is 0 Å². The highest BCUT2D eigenvalue weighted by Gasteiger charge is 2.38. The molecule has 4 rings (SSSR count). The molecule has 2 unspecified atom stereocenters. The summed E-state index contributed by atoms with van der Waals surface area (Å²) in [4.78, 5) is 22.3. The monoisotopic (exact) mass is 478 g/mol. The first kappa shape index (κ1) is 23.8. The van der Waals surface area contributed by atoms with Gasteiger partial charge in [0.2, 0.25) is 5.95 Å². The van der Waals surface area contributed by atoms with Gasteiger partial charge in [-0.15, -0.1) is 0 Å². The molecule has 2 atom stereocenters. The summed E-state index contributed by atoms with van der Waals surface area (Å²) in [6.45, 7) is 5.89. The first-order chi connectivity index (χ1) is 16.1. The number of ether oxygens (including phenoxy) is 1. The van der Waals surface area contributed by atoms with Gasteiger partial charge in [0.1, 0.15) is 11.4 Å². The SMILES string of the molecule is COc1cc(C)c(C)c(-c2cc3cnc(NC4CS(=O)(=O)CC4[B]C#N)nc3n(C)c2=O)c1C. The first-order valence-electron chi connectivity index (χ1n) is 10.8. The Morgan fingerprint density at radius 2 is 1.97 bits per heavy atom. The Balaban J connectivity index is 1.79. The quantitative estimate of drug-likeness (QED) is 0.553. The molecular formula is C23H25BN5O4S. The summed E-state index contributed by atoms with van der Waals surface area (Å²) < 4.78 is 31.1. The second-order valence-electron chi connectivity index (χ2n) is 8.70.